The predicted octanol–water partition coefficient (Wildman–Crippen LogP) is 6.96. The number of hydrogen-bond donors (Lipinski definition) is 2. The molecule has 0 saturated carbocycles. The summed E-state index contributed by atoms with van der Waals surface area (Å²) in [4.78, 5) is 22.4. The second-order valence-electron chi connectivity index (χ2n) is 9.64. The fourth-order valence-corrected chi connectivity index (χ4v) is 4.57. The number of rotatable bonds is 15. The minimum atomic E-state index is -1.08. The second kappa shape index (κ2) is 14.2. The van der Waals surface area contributed by atoms with Crippen molar-refractivity contribution in [2.45, 2.75) is 38.6 Å². The van der Waals surface area contributed by atoms with Crippen LogP contribution < -0.4 is 9.47 Å². The molecule has 42 heavy (non-hydrogen) atoms. The lowest BCUT2D eigenvalue weighted by molar-refractivity contribution is -0.138. The summed E-state index contributed by atoms with van der Waals surface area (Å²) in [6.07, 6.45) is 6.96. The van der Waals surface area contributed by atoms with E-state index in [1.54, 1.807) is 30.5 Å². The number of halogens is 3. The number of nitrogens with zero attached hydrogens (tertiary/aromatic N) is 1. The molecule has 0 atom stereocenters. The molecule has 4 aromatic rings. The Kier molecular flexibility index (Phi) is 10.3. The Morgan fingerprint density at radius 3 is 2.26 bits per heavy atom. The summed E-state index contributed by atoms with van der Waals surface area (Å²) in [6.45, 7) is 0.274. The van der Waals surface area contributed by atoms with Crippen LogP contribution >= 0.6 is 0 Å². The molecule has 2 N–H and O–H groups in total. The largest absolute Gasteiger partial charge is 0.494 e. The van der Waals surface area contributed by atoms with E-state index < -0.39 is 29.4 Å². The minimum absolute atomic E-state index is 0.0707. The van der Waals surface area contributed by atoms with Crippen molar-refractivity contribution in [3.63, 3.8) is 0 Å². The van der Waals surface area contributed by atoms with Gasteiger partial charge in [-0.2, -0.15) is 4.39 Å². The minimum Gasteiger partial charge on any atom is -0.494 e. The third kappa shape index (κ3) is 7.93. The van der Waals surface area contributed by atoms with E-state index in [9.17, 15) is 27.9 Å². The number of hydrogen-bond acceptors (Lipinski definition) is 4. The summed E-state index contributed by atoms with van der Waals surface area (Å²) in [5, 5.41) is 18.6. The van der Waals surface area contributed by atoms with Crippen molar-refractivity contribution in [3.8, 4) is 11.5 Å². The zero-order valence-electron chi connectivity index (χ0n) is 22.7. The SMILES string of the molecule is O=C(O)CCCc1cn(CC(=O)O)c2c(/C=C/c3ccc(OCCCCOc4cccc(F)c4F)cc3)ccc(F)c12. The Morgan fingerprint density at radius 2 is 1.55 bits per heavy atom. The number of ether oxygens (including phenoxy) is 2. The van der Waals surface area contributed by atoms with Gasteiger partial charge in [-0.3, -0.25) is 9.59 Å². The summed E-state index contributed by atoms with van der Waals surface area (Å²) >= 11 is 0. The van der Waals surface area contributed by atoms with Crippen LogP contribution in [0.25, 0.3) is 23.1 Å². The number of carboxylic acid groups (broad SMARTS) is 2. The maximum Gasteiger partial charge on any atom is 0.323 e. The van der Waals surface area contributed by atoms with Crippen LogP contribution in [0.2, 0.25) is 0 Å². The molecule has 220 valence electrons. The Balaban J connectivity index is 1.37. The van der Waals surface area contributed by atoms with Crippen LogP contribution in [0, 0.1) is 17.5 Å². The van der Waals surface area contributed by atoms with Crippen molar-refractivity contribution in [2.75, 3.05) is 13.2 Å². The quantitative estimate of drug-likeness (QED) is 0.116. The van der Waals surface area contributed by atoms with Crippen LogP contribution in [-0.2, 0) is 22.6 Å². The lowest BCUT2D eigenvalue weighted by Gasteiger charge is -2.09. The number of carbonyl (C=O) groups is 2. The van der Waals surface area contributed by atoms with Crippen LogP contribution in [0.15, 0.2) is 60.8 Å². The molecule has 1 heterocycles. The van der Waals surface area contributed by atoms with E-state index in [1.807, 2.05) is 18.2 Å². The molecule has 0 bridgehead atoms. The van der Waals surface area contributed by atoms with E-state index in [-0.39, 0.29) is 25.3 Å². The van der Waals surface area contributed by atoms with Crippen molar-refractivity contribution in [2.24, 2.45) is 0 Å². The Labute approximate surface area is 240 Å². The average molecular weight is 582 g/mol. The van der Waals surface area contributed by atoms with E-state index in [0.29, 0.717) is 60.1 Å². The van der Waals surface area contributed by atoms with Gasteiger partial charge in [0.2, 0.25) is 5.82 Å². The first-order chi connectivity index (χ1) is 20.2. The third-order valence-electron chi connectivity index (χ3n) is 6.54. The number of fused-ring (bicyclic) bond motifs is 1. The standard InChI is InChI=1S/C32H30F3NO6/c33-25-16-13-22(32-30(25)23(5-3-8-28(37)38)19-36(32)20-29(39)40)12-9-21-10-14-24(15-11-21)41-17-1-2-18-42-27-7-4-6-26(34)31(27)35/h4,6-7,9-16,19H,1-3,5,8,17-18,20H2,(H,37,38)(H,39,40)/b12-9+. The molecule has 0 aliphatic heterocycles. The number of aliphatic carboxylic acids is 2. The number of unbranched alkanes of at least 4 members (excludes halogenated alkanes) is 1. The maximum absolute atomic E-state index is 14.9. The Morgan fingerprint density at radius 1 is 0.810 bits per heavy atom. The van der Waals surface area contributed by atoms with Crippen molar-refractivity contribution < 1.29 is 42.4 Å². The zero-order chi connectivity index (χ0) is 30.1. The maximum atomic E-state index is 14.9. The topological polar surface area (TPSA) is 98.0 Å². The highest BCUT2D eigenvalue weighted by molar-refractivity contribution is 5.94. The van der Waals surface area contributed by atoms with Gasteiger partial charge >= 0.3 is 11.9 Å². The zero-order valence-corrected chi connectivity index (χ0v) is 22.7. The van der Waals surface area contributed by atoms with E-state index in [1.165, 1.54) is 22.8 Å². The summed E-state index contributed by atoms with van der Waals surface area (Å²) < 4.78 is 54.2. The molecule has 4 rings (SSSR count). The highest BCUT2D eigenvalue weighted by Gasteiger charge is 2.17. The average Bonchev–Trinajstić information content (AvgIpc) is 3.31. The lowest BCUT2D eigenvalue weighted by atomic mass is 10.0. The van der Waals surface area contributed by atoms with Gasteiger partial charge in [-0.1, -0.05) is 30.4 Å². The van der Waals surface area contributed by atoms with Gasteiger partial charge in [0.15, 0.2) is 11.6 Å². The lowest BCUT2D eigenvalue weighted by Crippen LogP contribution is -2.08. The number of aryl methyl sites for hydroxylation is 1. The fourth-order valence-electron chi connectivity index (χ4n) is 4.57. The van der Waals surface area contributed by atoms with Gasteiger partial charge in [0, 0.05) is 18.0 Å². The van der Waals surface area contributed by atoms with E-state index in [4.69, 9.17) is 14.6 Å². The van der Waals surface area contributed by atoms with E-state index in [0.717, 1.165) is 11.6 Å². The van der Waals surface area contributed by atoms with Gasteiger partial charge in [0.25, 0.3) is 0 Å². The van der Waals surface area contributed by atoms with Gasteiger partial charge in [-0.05, 0) is 78.8 Å². The van der Waals surface area contributed by atoms with Crippen LogP contribution in [-0.4, -0.2) is 39.9 Å². The molecule has 0 amide bonds. The molecule has 0 saturated heterocycles. The molecule has 0 spiro atoms. The van der Waals surface area contributed by atoms with Crippen molar-refractivity contribution in [1.29, 1.82) is 0 Å². The molecule has 0 radical (unpaired) electrons. The first-order valence-electron chi connectivity index (χ1n) is 13.4. The van der Waals surface area contributed by atoms with Crippen molar-refractivity contribution >= 4 is 35.0 Å². The first-order valence-corrected chi connectivity index (χ1v) is 13.4. The Hall–Kier alpha value is -4.73. The monoisotopic (exact) mass is 581 g/mol. The highest BCUT2D eigenvalue weighted by Crippen LogP contribution is 2.30. The van der Waals surface area contributed by atoms with Crippen molar-refractivity contribution in [3.05, 3.63) is 94.9 Å². The number of aromatic nitrogens is 1. The van der Waals surface area contributed by atoms with Gasteiger partial charge < -0.3 is 24.3 Å². The summed E-state index contributed by atoms with van der Waals surface area (Å²) in [5.41, 5.74) is 2.46. The molecular formula is C32H30F3NO6. The second-order valence-corrected chi connectivity index (χ2v) is 9.64. The molecule has 7 nitrogen and oxygen atoms in total. The molecule has 10 heteroatoms. The third-order valence-corrected chi connectivity index (χ3v) is 6.54. The molecule has 0 aliphatic rings. The van der Waals surface area contributed by atoms with Gasteiger partial charge in [-0.15, -0.1) is 0 Å². The normalized spacial score (nSPS) is 11.3. The molecule has 3 aromatic carbocycles. The fraction of sp³-hybridized carbons (Fsp3) is 0.250. The molecule has 0 fully saturated rings. The van der Waals surface area contributed by atoms with E-state index >= 15 is 0 Å². The van der Waals surface area contributed by atoms with Gasteiger partial charge in [0.05, 0.1) is 18.7 Å². The predicted molar refractivity (Wildman–Crippen MR) is 152 cm³/mol. The summed E-state index contributed by atoms with van der Waals surface area (Å²) in [6, 6.07) is 14.0. The number of benzene rings is 3. The molecule has 0 unspecified atom stereocenters. The molecule has 1 aromatic heterocycles. The highest BCUT2D eigenvalue weighted by atomic mass is 19.2. The summed E-state index contributed by atoms with van der Waals surface area (Å²) in [7, 11) is 0. The molecular weight excluding hydrogens is 551 g/mol. The van der Waals surface area contributed by atoms with Crippen LogP contribution in [0.5, 0.6) is 11.5 Å². The van der Waals surface area contributed by atoms with Crippen LogP contribution in [0.1, 0.15) is 42.4 Å². The smallest absolute Gasteiger partial charge is 0.323 e. The summed E-state index contributed by atoms with van der Waals surface area (Å²) in [5.74, 6) is -3.94. The van der Waals surface area contributed by atoms with Gasteiger partial charge in [0.1, 0.15) is 18.1 Å². The first kappa shape index (κ1) is 30.2. The van der Waals surface area contributed by atoms with E-state index in [2.05, 4.69) is 0 Å². The van der Waals surface area contributed by atoms with Gasteiger partial charge in [-0.25, -0.2) is 8.78 Å². The Bertz CT molecular complexity index is 1580. The van der Waals surface area contributed by atoms with Crippen LogP contribution in [0.4, 0.5) is 13.2 Å². The number of carboxylic acids is 2. The van der Waals surface area contributed by atoms with Crippen molar-refractivity contribution in [1.82, 2.24) is 4.57 Å². The van der Waals surface area contributed by atoms with Crippen LogP contribution in [0.3, 0.4) is 0 Å². The molecule has 0 aliphatic carbocycles.